The summed E-state index contributed by atoms with van der Waals surface area (Å²) in [5.74, 6) is 0.0171. The Morgan fingerprint density at radius 3 is 2.85 bits per heavy atom. The van der Waals surface area contributed by atoms with Gasteiger partial charge in [0.05, 0.1) is 28.6 Å². The van der Waals surface area contributed by atoms with Crippen molar-refractivity contribution in [2.24, 2.45) is 0 Å². The normalized spacial score (nSPS) is 18.6. The summed E-state index contributed by atoms with van der Waals surface area (Å²) in [5, 5.41) is 3.22. The summed E-state index contributed by atoms with van der Waals surface area (Å²) in [5.41, 5.74) is 1.49. The van der Waals surface area contributed by atoms with Gasteiger partial charge in [-0.1, -0.05) is 35.9 Å². The van der Waals surface area contributed by atoms with Crippen molar-refractivity contribution in [1.82, 2.24) is 9.88 Å². The summed E-state index contributed by atoms with van der Waals surface area (Å²) in [7, 11) is -3.06. The van der Waals surface area contributed by atoms with Crippen LogP contribution in [0.5, 0.6) is 0 Å². The molecule has 5 nitrogen and oxygen atoms in total. The number of sulfone groups is 1. The average molecular weight is 411 g/mol. The van der Waals surface area contributed by atoms with Gasteiger partial charge in [-0.15, -0.1) is 17.9 Å². The molecular formula is C18H19ClN2O3S2. The quantitative estimate of drug-likeness (QED) is 0.686. The number of thiazole rings is 1. The summed E-state index contributed by atoms with van der Waals surface area (Å²) >= 11 is 7.64. The van der Waals surface area contributed by atoms with Crippen molar-refractivity contribution in [3.8, 4) is 10.6 Å². The van der Waals surface area contributed by atoms with Crippen LogP contribution in [0.3, 0.4) is 0 Å². The van der Waals surface area contributed by atoms with Gasteiger partial charge >= 0.3 is 0 Å². The van der Waals surface area contributed by atoms with Crippen molar-refractivity contribution in [3.63, 3.8) is 0 Å². The molecule has 0 saturated carbocycles. The Morgan fingerprint density at radius 1 is 1.42 bits per heavy atom. The van der Waals surface area contributed by atoms with Gasteiger partial charge in [0.2, 0.25) is 5.91 Å². The van der Waals surface area contributed by atoms with E-state index in [1.165, 1.54) is 11.3 Å². The van der Waals surface area contributed by atoms with E-state index in [0.717, 1.165) is 10.6 Å². The van der Waals surface area contributed by atoms with Crippen LogP contribution in [0.15, 0.2) is 42.3 Å². The number of nitrogens with zero attached hydrogens (tertiary/aromatic N) is 2. The number of hydrogen-bond donors (Lipinski definition) is 0. The number of rotatable bonds is 6. The van der Waals surface area contributed by atoms with Crippen molar-refractivity contribution in [3.05, 3.63) is 53.0 Å². The lowest BCUT2D eigenvalue weighted by Crippen LogP contribution is -2.42. The number of carbonyl (C=O) groups excluding carboxylic acids is 1. The molecule has 138 valence electrons. The number of aromatic nitrogens is 1. The molecule has 0 N–H and O–H groups in total. The second-order valence-electron chi connectivity index (χ2n) is 6.19. The Hall–Kier alpha value is -1.70. The summed E-state index contributed by atoms with van der Waals surface area (Å²) in [4.78, 5) is 18.9. The van der Waals surface area contributed by atoms with Crippen molar-refractivity contribution in [2.45, 2.75) is 18.9 Å². The second kappa shape index (κ2) is 7.90. The standard InChI is InChI=1S/C18H19ClN2O3S2/c1-2-8-21(14-7-9-26(23,24)12-14)17(22)10-13-11-25-18(20-13)15-5-3-4-6-16(15)19/h2-6,11,14H,1,7-10,12H2/t14-/m1/s1. The van der Waals surface area contributed by atoms with E-state index < -0.39 is 9.84 Å². The fraction of sp³-hybridized carbons (Fsp3) is 0.333. The van der Waals surface area contributed by atoms with Crippen LogP contribution in [0.1, 0.15) is 12.1 Å². The fourth-order valence-corrected chi connectivity index (χ4v) is 5.89. The van der Waals surface area contributed by atoms with E-state index in [9.17, 15) is 13.2 Å². The SMILES string of the molecule is C=CCN(C(=O)Cc1csc(-c2ccccc2Cl)n1)[C@@H]1CCS(=O)(=O)C1. The smallest absolute Gasteiger partial charge is 0.229 e. The molecule has 2 aromatic rings. The number of carbonyl (C=O) groups is 1. The van der Waals surface area contributed by atoms with Crippen LogP contribution in [0, 0.1) is 0 Å². The lowest BCUT2D eigenvalue weighted by atomic mass is 10.2. The van der Waals surface area contributed by atoms with Crippen molar-refractivity contribution >= 4 is 38.7 Å². The minimum absolute atomic E-state index is 0.0223. The Labute approximate surface area is 162 Å². The molecule has 1 aliphatic heterocycles. The number of halogens is 1. The van der Waals surface area contributed by atoms with Crippen LogP contribution in [0.4, 0.5) is 0 Å². The van der Waals surface area contributed by atoms with E-state index in [0.29, 0.717) is 23.7 Å². The first-order valence-electron chi connectivity index (χ1n) is 8.19. The maximum absolute atomic E-state index is 12.7. The minimum atomic E-state index is -3.06. The molecule has 2 heterocycles. The molecule has 1 amide bonds. The van der Waals surface area contributed by atoms with E-state index in [1.54, 1.807) is 17.0 Å². The molecule has 3 rings (SSSR count). The predicted molar refractivity (Wildman–Crippen MR) is 105 cm³/mol. The average Bonchev–Trinajstić information content (AvgIpc) is 3.19. The predicted octanol–water partition coefficient (Wildman–Crippen LogP) is 3.21. The topological polar surface area (TPSA) is 67.3 Å². The molecule has 1 aromatic carbocycles. The molecule has 8 heteroatoms. The van der Waals surface area contributed by atoms with Gasteiger partial charge in [-0.3, -0.25) is 4.79 Å². The highest BCUT2D eigenvalue weighted by Crippen LogP contribution is 2.30. The van der Waals surface area contributed by atoms with Crippen molar-refractivity contribution in [2.75, 3.05) is 18.1 Å². The van der Waals surface area contributed by atoms with Gasteiger partial charge in [0.1, 0.15) is 5.01 Å². The van der Waals surface area contributed by atoms with E-state index in [2.05, 4.69) is 11.6 Å². The molecule has 0 bridgehead atoms. The van der Waals surface area contributed by atoms with Gasteiger partial charge in [-0.05, 0) is 12.5 Å². The minimum Gasteiger partial charge on any atom is -0.335 e. The van der Waals surface area contributed by atoms with Crippen LogP contribution in [0.25, 0.3) is 10.6 Å². The lowest BCUT2D eigenvalue weighted by molar-refractivity contribution is -0.131. The fourth-order valence-electron chi connectivity index (χ4n) is 3.02. The van der Waals surface area contributed by atoms with E-state index in [4.69, 9.17) is 11.6 Å². The summed E-state index contributed by atoms with van der Waals surface area (Å²) in [6.45, 7) is 4.01. The van der Waals surface area contributed by atoms with Gasteiger partial charge in [0.25, 0.3) is 0 Å². The van der Waals surface area contributed by atoms with Crippen molar-refractivity contribution < 1.29 is 13.2 Å². The zero-order valence-corrected chi connectivity index (χ0v) is 16.5. The van der Waals surface area contributed by atoms with Crippen LogP contribution >= 0.6 is 22.9 Å². The van der Waals surface area contributed by atoms with Crippen molar-refractivity contribution in [1.29, 1.82) is 0 Å². The third-order valence-corrected chi connectivity index (χ3v) is 7.29. The lowest BCUT2D eigenvalue weighted by Gasteiger charge is -2.26. The molecule has 1 atom stereocenters. The number of benzene rings is 1. The molecule has 0 aliphatic carbocycles. The van der Waals surface area contributed by atoms with Gasteiger partial charge in [0.15, 0.2) is 9.84 Å². The molecular weight excluding hydrogens is 392 g/mol. The van der Waals surface area contributed by atoms with E-state index in [-0.39, 0.29) is 29.9 Å². The molecule has 0 unspecified atom stereocenters. The monoisotopic (exact) mass is 410 g/mol. The summed E-state index contributed by atoms with van der Waals surface area (Å²) < 4.78 is 23.5. The zero-order valence-electron chi connectivity index (χ0n) is 14.1. The molecule has 26 heavy (non-hydrogen) atoms. The maximum atomic E-state index is 12.7. The Morgan fingerprint density at radius 2 is 2.19 bits per heavy atom. The highest BCUT2D eigenvalue weighted by atomic mass is 35.5. The third-order valence-electron chi connectivity index (χ3n) is 4.28. The highest BCUT2D eigenvalue weighted by molar-refractivity contribution is 7.91. The number of amides is 1. The summed E-state index contributed by atoms with van der Waals surface area (Å²) in [6, 6.07) is 7.15. The molecule has 1 aliphatic rings. The van der Waals surface area contributed by atoms with Crippen LogP contribution in [-0.2, 0) is 21.1 Å². The third kappa shape index (κ3) is 4.34. The van der Waals surface area contributed by atoms with Gasteiger partial charge < -0.3 is 4.90 Å². The Kier molecular flexibility index (Phi) is 5.79. The molecule has 1 saturated heterocycles. The largest absolute Gasteiger partial charge is 0.335 e. The maximum Gasteiger partial charge on any atom is 0.229 e. The van der Waals surface area contributed by atoms with E-state index >= 15 is 0 Å². The number of hydrogen-bond acceptors (Lipinski definition) is 5. The Balaban J connectivity index is 1.74. The first-order chi connectivity index (χ1) is 12.4. The highest BCUT2D eigenvalue weighted by Gasteiger charge is 2.34. The first-order valence-corrected chi connectivity index (χ1v) is 11.3. The second-order valence-corrected chi connectivity index (χ2v) is 9.69. The van der Waals surface area contributed by atoms with Gasteiger partial charge in [-0.25, -0.2) is 13.4 Å². The van der Waals surface area contributed by atoms with Crippen LogP contribution < -0.4 is 0 Å². The zero-order chi connectivity index (χ0) is 18.7. The first kappa shape index (κ1) is 19.1. The molecule has 0 radical (unpaired) electrons. The van der Waals surface area contributed by atoms with E-state index in [1.807, 2.05) is 23.6 Å². The molecule has 0 spiro atoms. The molecule has 1 aromatic heterocycles. The van der Waals surface area contributed by atoms with Crippen LogP contribution in [0.2, 0.25) is 5.02 Å². The Bertz CT molecular complexity index is 924. The van der Waals surface area contributed by atoms with Gasteiger partial charge in [-0.2, -0.15) is 0 Å². The van der Waals surface area contributed by atoms with Crippen LogP contribution in [-0.4, -0.2) is 48.3 Å². The summed E-state index contributed by atoms with van der Waals surface area (Å²) in [6.07, 6.45) is 2.23. The molecule has 1 fully saturated rings. The van der Waals surface area contributed by atoms with Gasteiger partial charge in [0, 0.05) is 23.5 Å².